The highest BCUT2D eigenvalue weighted by Gasteiger charge is 2.15. The van der Waals surface area contributed by atoms with E-state index in [9.17, 15) is 5.11 Å². The maximum atomic E-state index is 9.33. The van der Waals surface area contributed by atoms with Gasteiger partial charge in [-0.25, -0.2) is 0 Å². The Bertz CT molecular complexity index is 561. The molecule has 102 valence electrons. The van der Waals surface area contributed by atoms with E-state index in [-0.39, 0.29) is 6.61 Å². The number of benzene rings is 1. The van der Waals surface area contributed by atoms with E-state index in [1.807, 2.05) is 4.57 Å². The van der Waals surface area contributed by atoms with Crippen molar-refractivity contribution < 1.29 is 5.11 Å². The highest BCUT2D eigenvalue weighted by atomic mass is 35.5. The van der Waals surface area contributed by atoms with Crippen LogP contribution in [0.2, 0.25) is 10.0 Å². The smallest absolute Gasteiger partial charge is 0.164 e. The number of hydrogen-bond acceptors (Lipinski definition) is 3. The number of rotatable bonds is 4. The van der Waals surface area contributed by atoms with Crippen LogP contribution >= 0.6 is 23.2 Å². The second-order valence-corrected chi connectivity index (χ2v) is 5.63. The molecule has 0 aliphatic rings. The van der Waals surface area contributed by atoms with Crippen LogP contribution in [0.1, 0.15) is 19.7 Å². The number of aromatic nitrogens is 3. The molecule has 1 aromatic heterocycles. The van der Waals surface area contributed by atoms with Gasteiger partial charge < -0.3 is 9.67 Å². The molecular formula is C13H15Cl2N3O. The van der Waals surface area contributed by atoms with Gasteiger partial charge in [-0.15, -0.1) is 10.2 Å². The molecule has 0 radical (unpaired) electrons. The molecule has 2 rings (SSSR count). The summed E-state index contributed by atoms with van der Waals surface area (Å²) in [6.07, 6.45) is 0. The van der Waals surface area contributed by atoms with Gasteiger partial charge in [-0.3, -0.25) is 0 Å². The lowest BCUT2D eigenvalue weighted by Crippen LogP contribution is -2.10. The van der Waals surface area contributed by atoms with Gasteiger partial charge in [-0.2, -0.15) is 0 Å². The van der Waals surface area contributed by atoms with E-state index >= 15 is 0 Å². The van der Waals surface area contributed by atoms with E-state index in [0.29, 0.717) is 27.6 Å². The first-order chi connectivity index (χ1) is 9.01. The molecule has 1 heterocycles. The van der Waals surface area contributed by atoms with Crippen LogP contribution in [-0.4, -0.2) is 19.9 Å². The lowest BCUT2D eigenvalue weighted by Gasteiger charge is -2.12. The molecular weight excluding hydrogens is 285 g/mol. The van der Waals surface area contributed by atoms with Crippen molar-refractivity contribution in [3.63, 3.8) is 0 Å². The molecule has 1 N–H and O–H groups in total. The van der Waals surface area contributed by atoms with Gasteiger partial charge in [0.25, 0.3) is 0 Å². The zero-order chi connectivity index (χ0) is 14.0. The quantitative estimate of drug-likeness (QED) is 0.941. The van der Waals surface area contributed by atoms with Gasteiger partial charge in [-0.1, -0.05) is 37.0 Å². The van der Waals surface area contributed by atoms with Gasteiger partial charge in [0.1, 0.15) is 6.61 Å². The van der Waals surface area contributed by atoms with Crippen molar-refractivity contribution in [3.05, 3.63) is 34.1 Å². The summed E-state index contributed by atoms with van der Waals surface area (Å²) in [5.74, 6) is 1.62. The van der Waals surface area contributed by atoms with Crippen LogP contribution in [0.15, 0.2) is 18.2 Å². The van der Waals surface area contributed by atoms with Crippen molar-refractivity contribution in [1.82, 2.24) is 14.8 Å². The van der Waals surface area contributed by atoms with Gasteiger partial charge in [0.05, 0.1) is 0 Å². The van der Waals surface area contributed by atoms with Crippen molar-refractivity contribution in [2.45, 2.75) is 27.0 Å². The molecule has 4 nitrogen and oxygen atoms in total. The topological polar surface area (TPSA) is 50.9 Å². The number of halogens is 2. The molecule has 0 spiro atoms. The molecule has 0 fully saturated rings. The summed E-state index contributed by atoms with van der Waals surface area (Å²) in [4.78, 5) is 0. The lowest BCUT2D eigenvalue weighted by atomic mass is 10.2. The highest BCUT2D eigenvalue weighted by Crippen LogP contribution is 2.27. The Morgan fingerprint density at radius 3 is 2.32 bits per heavy atom. The number of nitrogens with zero attached hydrogens (tertiary/aromatic N) is 3. The van der Waals surface area contributed by atoms with Crippen molar-refractivity contribution in [2.24, 2.45) is 5.92 Å². The second kappa shape index (κ2) is 5.90. The highest BCUT2D eigenvalue weighted by molar-refractivity contribution is 6.35. The largest absolute Gasteiger partial charge is 0.388 e. The fourth-order valence-electron chi connectivity index (χ4n) is 1.91. The first kappa shape index (κ1) is 14.3. The zero-order valence-corrected chi connectivity index (χ0v) is 12.3. The molecule has 0 saturated carbocycles. The average molecular weight is 300 g/mol. The third-order valence-corrected chi connectivity index (χ3v) is 3.07. The van der Waals surface area contributed by atoms with E-state index in [0.717, 1.165) is 12.1 Å². The predicted octanol–water partition coefficient (Wildman–Crippen LogP) is 3.40. The Hall–Kier alpha value is -1.10. The molecule has 19 heavy (non-hydrogen) atoms. The molecule has 2 aromatic rings. The van der Waals surface area contributed by atoms with Crippen LogP contribution in [0.4, 0.5) is 0 Å². The lowest BCUT2D eigenvalue weighted by molar-refractivity contribution is 0.262. The van der Waals surface area contributed by atoms with Crippen LogP contribution in [0.3, 0.4) is 0 Å². The fourth-order valence-corrected chi connectivity index (χ4v) is 2.43. The van der Waals surface area contributed by atoms with Crippen LogP contribution in [0.5, 0.6) is 0 Å². The van der Waals surface area contributed by atoms with Gasteiger partial charge in [0.15, 0.2) is 11.6 Å². The van der Waals surface area contributed by atoms with E-state index < -0.39 is 0 Å². The Morgan fingerprint density at radius 2 is 1.79 bits per heavy atom. The molecule has 0 amide bonds. The van der Waals surface area contributed by atoms with Crippen LogP contribution < -0.4 is 0 Å². The van der Waals surface area contributed by atoms with Crippen molar-refractivity contribution in [2.75, 3.05) is 0 Å². The molecule has 0 atom stereocenters. The Kier molecular flexibility index (Phi) is 4.45. The third-order valence-electron chi connectivity index (χ3n) is 2.64. The fraction of sp³-hybridized carbons (Fsp3) is 0.385. The maximum absolute atomic E-state index is 9.33. The summed E-state index contributed by atoms with van der Waals surface area (Å²) in [6, 6.07) is 5.24. The Balaban J connectivity index is 2.51. The van der Waals surface area contributed by atoms with E-state index in [4.69, 9.17) is 23.2 Å². The van der Waals surface area contributed by atoms with E-state index in [1.165, 1.54) is 0 Å². The average Bonchev–Trinajstić information content (AvgIpc) is 2.69. The number of hydrogen-bond donors (Lipinski definition) is 1. The van der Waals surface area contributed by atoms with Crippen LogP contribution in [0, 0.1) is 5.92 Å². The van der Waals surface area contributed by atoms with Gasteiger partial charge in [0, 0.05) is 22.2 Å². The van der Waals surface area contributed by atoms with Crippen LogP contribution in [-0.2, 0) is 13.2 Å². The second-order valence-electron chi connectivity index (χ2n) is 4.76. The van der Waals surface area contributed by atoms with Crippen molar-refractivity contribution in [1.29, 1.82) is 0 Å². The van der Waals surface area contributed by atoms with Crippen molar-refractivity contribution in [3.8, 4) is 11.4 Å². The molecule has 1 aromatic carbocycles. The number of aliphatic hydroxyl groups excluding tert-OH is 1. The normalized spacial score (nSPS) is 11.3. The third kappa shape index (κ3) is 3.26. The molecule has 6 heteroatoms. The van der Waals surface area contributed by atoms with E-state index in [1.54, 1.807) is 18.2 Å². The summed E-state index contributed by atoms with van der Waals surface area (Å²) in [6.45, 7) is 4.77. The van der Waals surface area contributed by atoms with Crippen LogP contribution in [0.25, 0.3) is 11.4 Å². The SMILES string of the molecule is CC(C)Cn1c(CO)nnc1-c1cc(Cl)cc(Cl)c1. The van der Waals surface area contributed by atoms with Gasteiger partial charge in [-0.05, 0) is 24.1 Å². The Labute approximate surface area is 122 Å². The first-order valence-corrected chi connectivity index (χ1v) is 6.76. The minimum absolute atomic E-state index is 0.145. The zero-order valence-electron chi connectivity index (χ0n) is 10.8. The molecule has 0 unspecified atom stereocenters. The summed E-state index contributed by atoms with van der Waals surface area (Å²) in [5.41, 5.74) is 0.797. The molecule has 0 saturated heterocycles. The number of aliphatic hydroxyl groups is 1. The van der Waals surface area contributed by atoms with Gasteiger partial charge >= 0.3 is 0 Å². The van der Waals surface area contributed by atoms with Gasteiger partial charge in [0.2, 0.25) is 0 Å². The molecule has 0 bridgehead atoms. The summed E-state index contributed by atoms with van der Waals surface area (Å²) < 4.78 is 1.90. The first-order valence-electron chi connectivity index (χ1n) is 6.00. The summed E-state index contributed by atoms with van der Waals surface area (Å²) >= 11 is 12.0. The summed E-state index contributed by atoms with van der Waals surface area (Å²) in [5, 5.41) is 18.6. The predicted molar refractivity (Wildman–Crippen MR) is 76.2 cm³/mol. The Morgan fingerprint density at radius 1 is 1.16 bits per heavy atom. The standard InChI is InChI=1S/C13H15Cl2N3O/c1-8(2)6-18-12(7-19)16-17-13(18)9-3-10(14)5-11(15)4-9/h3-5,8,19H,6-7H2,1-2H3. The minimum Gasteiger partial charge on any atom is -0.388 e. The van der Waals surface area contributed by atoms with E-state index in [2.05, 4.69) is 24.0 Å². The molecule has 0 aliphatic carbocycles. The monoisotopic (exact) mass is 299 g/mol. The maximum Gasteiger partial charge on any atom is 0.164 e. The summed E-state index contributed by atoms with van der Waals surface area (Å²) in [7, 11) is 0. The molecule has 0 aliphatic heterocycles. The minimum atomic E-state index is -0.145. The van der Waals surface area contributed by atoms with Crippen molar-refractivity contribution >= 4 is 23.2 Å².